The highest BCUT2D eigenvalue weighted by molar-refractivity contribution is 14.0. The van der Waals surface area contributed by atoms with E-state index in [4.69, 9.17) is 0 Å². The van der Waals surface area contributed by atoms with Crippen LogP contribution in [0.2, 0.25) is 0 Å². The molecule has 0 N–H and O–H groups in total. The van der Waals surface area contributed by atoms with Gasteiger partial charge in [-0.1, -0.05) is 38.1 Å². The maximum Gasteiger partial charge on any atom is 0.0507 e. The zero-order valence-corrected chi connectivity index (χ0v) is 10.7. The summed E-state index contributed by atoms with van der Waals surface area (Å²) in [6.45, 7) is 4.35. The minimum atomic E-state index is 0. The Balaban J connectivity index is 0.000000980. The number of nitrogens with zero attached hydrogens (tertiary/aromatic N) is 1. The van der Waals surface area contributed by atoms with E-state index in [1.165, 1.54) is 16.5 Å². The Kier molecular flexibility index (Phi) is 3.86. The molecule has 1 aromatic heterocycles. The molecule has 1 nitrogen and oxygen atoms in total. The Hall–Kier alpha value is -0.640. The number of hydrogen-bond donors (Lipinski definition) is 0. The van der Waals surface area contributed by atoms with Gasteiger partial charge in [0.1, 0.15) is 0 Å². The van der Waals surface area contributed by atoms with Crippen LogP contribution in [0.5, 0.6) is 0 Å². The van der Waals surface area contributed by atoms with Crippen LogP contribution in [-0.4, -0.2) is 4.98 Å². The van der Waals surface area contributed by atoms with Crippen molar-refractivity contribution in [3.05, 3.63) is 42.2 Å². The van der Waals surface area contributed by atoms with E-state index in [2.05, 4.69) is 49.2 Å². The fourth-order valence-electron chi connectivity index (χ4n) is 1.60. The second-order valence-electron chi connectivity index (χ2n) is 3.57. The van der Waals surface area contributed by atoms with Crippen LogP contribution in [-0.2, 0) is 0 Å². The van der Waals surface area contributed by atoms with E-state index in [-0.39, 0.29) is 24.0 Å². The first kappa shape index (κ1) is 11.4. The number of aromatic nitrogens is 1. The van der Waals surface area contributed by atoms with Gasteiger partial charge in [-0.2, -0.15) is 0 Å². The number of benzene rings is 1. The molecule has 0 aliphatic heterocycles. The molecular formula is C12H14IN. The minimum absolute atomic E-state index is 0. The van der Waals surface area contributed by atoms with Crippen molar-refractivity contribution >= 4 is 34.7 Å². The third-order valence-electron chi connectivity index (χ3n) is 2.25. The molecule has 2 rings (SSSR count). The van der Waals surface area contributed by atoms with E-state index in [1.54, 1.807) is 0 Å². The first-order valence-electron chi connectivity index (χ1n) is 4.62. The summed E-state index contributed by atoms with van der Waals surface area (Å²) < 4.78 is 0. The second kappa shape index (κ2) is 4.73. The van der Waals surface area contributed by atoms with Crippen molar-refractivity contribution in [2.45, 2.75) is 19.8 Å². The molecular weight excluding hydrogens is 285 g/mol. The highest BCUT2D eigenvalue weighted by Gasteiger charge is 2.04. The molecule has 0 saturated carbocycles. The normalized spacial score (nSPS) is 10.2. The summed E-state index contributed by atoms with van der Waals surface area (Å²) in [5.41, 5.74) is 1.19. The molecule has 2 aromatic rings. The molecule has 0 bridgehead atoms. The predicted octanol–water partition coefficient (Wildman–Crippen LogP) is 3.98. The topological polar surface area (TPSA) is 12.9 Å². The molecule has 0 unspecified atom stereocenters. The lowest BCUT2D eigenvalue weighted by molar-refractivity contribution is 0.834. The summed E-state index contributed by atoms with van der Waals surface area (Å²) in [4.78, 5) is 4.41. The fraction of sp³-hybridized carbons (Fsp3) is 0.250. The van der Waals surface area contributed by atoms with Crippen molar-refractivity contribution in [3.63, 3.8) is 0 Å². The molecule has 0 saturated heterocycles. The van der Waals surface area contributed by atoms with Gasteiger partial charge in [0.15, 0.2) is 0 Å². The van der Waals surface area contributed by atoms with Crippen molar-refractivity contribution < 1.29 is 0 Å². The van der Waals surface area contributed by atoms with Gasteiger partial charge in [0.25, 0.3) is 0 Å². The maximum atomic E-state index is 4.41. The van der Waals surface area contributed by atoms with Crippen LogP contribution in [0.4, 0.5) is 0 Å². The summed E-state index contributed by atoms with van der Waals surface area (Å²) in [6.07, 6.45) is 1.89. The monoisotopic (exact) mass is 299 g/mol. The quantitative estimate of drug-likeness (QED) is 0.726. The van der Waals surface area contributed by atoms with Gasteiger partial charge in [-0.3, -0.25) is 4.98 Å². The van der Waals surface area contributed by atoms with Gasteiger partial charge in [0.05, 0.1) is 5.69 Å². The van der Waals surface area contributed by atoms with Gasteiger partial charge in [0, 0.05) is 11.6 Å². The van der Waals surface area contributed by atoms with Gasteiger partial charge in [-0.05, 0) is 17.4 Å². The molecule has 0 aliphatic rings. The van der Waals surface area contributed by atoms with Gasteiger partial charge < -0.3 is 0 Å². The van der Waals surface area contributed by atoms with Crippen LogP contribution in [0.1, 0.15) is 25.5 Å². The van der Waals surface area contributed by atoms with E-state index in [0.29, 0.717) is 5.92 Å². The molecule has 74 valence electrons. The number of hydrogen-bond acceptors (Lipinski definition) is 1. The van der Waals surface area contributed by atoms with Gasteiger partial charge in [-0.15, -0.1) is 24.0 Å². The largest absolute Gasteiger partial charge is 0.260 e. The van der Waals surface area contributed by atoms with Crippen LogP contribution in [0.25, 0.3) is 10.8 Å². The summed E-state index contributed by atoms with van der Waals surface area (Å²) >= 11 is 0. The third-order valence-corrected chi connectivity index (χ3v) is 2.25. The molecule has 14 heavy (non-hydrogen) atoms. The van der Waals surface area contributed by atoms with Crippen LogP contribution in [0.3, 0.4) is 0 Å². The second-order valence-corrected chi connectivity index (χ2v) is 3.57. The summed E-state index contributed by atoms with van der Waals surface area (Å²) in [7, 11) is 0. The minimum Gasteiger partial charge on any atom is -0.260 e. The smallest absolute Gasteiger partial charge is 0.0507 e. The predicted molar refractivity (Wildman–Crippen MR) is 71.2 cm³/mol. The van der Waals surface area contributed by atoms with Crippen molar-refractivity contribution in [2.24, 2.45) is 0 Å². The van der Waals surface area contributed by atoms with E-state index in [1.807, 2.05) is 6.20 Å². The van der Waals surface area contributed by atoms with Crippen molar-refractivity contribution in [2.75, 3.05) is 0 Å². The number of fused-ring (bicyclic) bond motifs is 1. The van der Waals surface area contributed by atoms with Crippen molar-refractivity contribution in [1.29, 1.82) is 0 Å². The Labute approximate surface area is 102 Å². The van der Waals surface area contributed by atoms with Gasteiger partial charge in [0.2, 0.25) is 0 Å². The Morgan fingerprint density at radius 1 is 1.07 bits per heavy atom. The third kappa shape index (κ3) is 2.05. The SMILES string of the molecule is CC(C)c1nccc2ccccc12.I. The Morgan fingerprint density at radius 2 is 1.79 bits per heavy atom. The molecule has 0 atom stereocenters. The zero-order valence-electron chi connectivity index (χ0n) is 8.40. The first-order valence-corrected chi connectivity index (χ1v) is 4.62. The zero-order chi connectivity index (χ0) is 9.26. The lowest BCUT2D eigenvalue weighted by Crippen LogP contribution is -1.92. The maximum absolute atomic E-state index is 4.41. The fourth-order valence-corrected chi connectivity index (χ4v) is 1.60. The standard InChI is InChI=1S/C12H13N.HI/c1-9(2)12-11-6-4-3-5-10(11)7-8-13-12;/h3-9H,1-2H3;1H. The molecule has 0 fully saturated rings. The molecule has 0 aliphatic carbocycles. The van der Waals surface area contributed by atoms with Crippen LogP contribution in [0, 0.1) is 0 Å². The van der Waals surface area contributed by atoms with E-state index < -0.39 is 0 Å². The lowest BCUT2D eigenvalue weighted by Gasteiger charge is -2.07. The summed E-state index contributed by atoms with van der Waals surface area (Å²) in [5, 5.41) is 2.56. The molecule has 0 radical (unpaired) electrons. The summed E-state index contributed by atoms with van der Waals surface area (Å²) in [5.74, 6) is 0.492. The number of pyridine rings is 1. The van der Waals surface area contributed by atoms with E-state index in [9.17, 15) is 0 Å². The Morgan fingerprint density at radius 3 is 2.50 bits per heavy atom. The van der Waals surface area contributed by atoms with Gasteiger partial charge >= 0.3 is 0 Å². The average molecular weight is 299 g/mol. The average Bonchev–Trinajstić information content (AvgIpc) is 2.17. The molecule has 0 amide bonds. The van der Waals surface area contributed by atoms with Crippen LogP contribution < -0.4 is 0 Å². The van der Waals surface area contributed by atoms with Gasteiger partial charge in [-0.25, -0.2) is 0 Å². The van der Waals surface area contributed by atoms with E-state index >= 15 is 0 Å². The highest BCUT2D eigenvalue weighted by atomic mass is 127. The number of halogens is 1. The molecule has 1 heterocycles. The van der Waals surface area contributed by atoms with E-state index in [0.717, 1.165) is 0 Å². The van der Waals surface area contributed by atoms with Crippen LogP contribution >= 0.6 is 24.0 Å². The number of rotatable bonds is 1. The molecule has 2 heteroatoms. The molecule has 0 spiro atoms. The molecule has 1 aromatic carbocycles. The highest BCUT2D eigenvalue weighted by Crippen LogP contribution is 2.22. The van der Waals surface area contributed by atoms with Crippen molar-refractivity contribution in [3.8, 4) is 0 Å². The lowest BCUT2D eigenvalue weighted by atomic mass is 10.0. The van der Waals surface area contributed by atoms with Crippen molar-refractivity contribution in [1.82, 2.24) is 4.98 Å². The Bertz CT molecular complexity index is 418. The van der Waals surface area contributed by atoms with Crippen LogP contribution in [0.15, 0.2) is 36.5 Å². The first-order chi connectivity index (χ1) is 6.29. The summed E-state index contributed by atoms with van der Waals surface area (Å²) in [6, 6.07) is 10.4.